The fourth-order valence-electron chi connectivity index (χ4n) is 3.56. The molecule has 0 spiro atoms. The smallest absolute Gasteiger partial charge is 0.135 e. The van der Waals surface area contributed by atoms with Gasteiger partial charge >= 0.3 is 0 Å². The first-order valence-corrected chi connectivity index (χ1v) is 12.2. The van der Waals surface area contributed by atoms with Gasteiger partial charge in [0.1, 0.15) is 5.84 Å². The normalized spacial score (nSPS) is 10.6. The summed E-state index contributed by atoms with van der Waals surface area (Å²) >= 11 is 0. The molecule has 4 heteroatoms. The van der Waals surface area contributed by atoms with Crippen LogP contribution in [-0.4, -0.2) is 12.4 Å². The van der Waals surface area contributed by atoms with Gasteiger partial charge in [0.05, 0.1) is 6.54 Å². The van der Waals surface area contributed by atoms with Crippen LogP contribution >= 0.6 is 0 Å². The lowest BCUT2D eigenvalue weighted by Crippen LogP contribution is -2.24. The van der Waals surface area contributed by atoms with Crippen LogP contribution < -0.4 is 16.8 Å². The molecule has 0 amide bonds. The van der Waals surface area contributed by atoms with Gasteiger partial charge in [0.25, 0.3) is 0 Å². The predicted octanol–water partition coefficient (Wildman–Crippen LogP) is 6.29. The average molecular weight is 467 g/mol. The van der Waals surface area contributed by atoms with E-state index in [9.17, 15) is 0 Å². The third kappa shape index (κ3) is 8.81. The fraction of sp³-hybridized carbons (Fsp3) is 0.258. The molecular formula is C31H38N4. The summed E-state index contributed by atoms with van der Waals surface area (Å²) < 4.78 is 0. The highest BCUT2D eigenvalue weighted by atomic mass is 15.0. The van der Waals surface area contributed by atoms with Crippen LogP contribution in [0.4, 0.5) is 5.69 Å². The number of hydrogen-bond acceptors (Lipinski definition) is 3. The zero-order chi connectivity index (χ0) is 25.5. The molecule has 0 aliphatic carbocycles. The first-order chi connectivity index (χ1) is 17.0. The molecule has 0 unspecified atom stereocenters. The minimum Gasteiger partial charge on any atom is -0.398 e. The van der Waals surface area contributed by atoms with Gasteiger partial charge in [0.15, 0.2) is 0 Å². The third-order valence-corrected chi connectivity index (χ3v) is 5.59. The van der Waals surface area contributed by atoms with Crippen LogP contribution in [0, 0.1) is 19.3 Å². The minimum atomic E-state index is 0.443. The molecule has 3 rings (SSSR count). The second-order valence-electron chi connectivity index (χ2n) is 8.32. The molecule has 0 aliphatic heterocycles. The monoisotopic (exact) mass is 466 g/mol. The number of nitrogens with one attached hydrogen (secondary N) is 1. The van der Waals surface area contributed by atoms with Crippen molar-refractivity contribution < 1.29 is 0 Å². The van der Waals surface area contributed by atoms with Crippen molar-refractivity contribution in [3.8, 4) is 12.3 Å². The maximum atomic E-state index is 6.21. The highest BCUT2D eigenvalue weighted by Crippen LogP contribution is 2.18. The first-order valence-electron chi connectivity index (χ1n) is 12.2. The number of aryl methyl sites for hydroxylation is 1. The van der Waals surface area contributed by atoms with Crippen molar-refractivity contribution in [2.24, 2.45) is 10.7 Å². The molecule has 0 heterocycles. The number of hydrogen-bond donors (Lipinski definition) is 3. The molecule has 182 valence electrons. The molecule has 3 aromatic rings. The van der Waals surface area contributed by atoms with Gasteiger partial charge in [-0.1, -0.05) is 93.3 Å². The van der Waals surface area contributed by atoms with Gasteiger partial charge in [-0.05, 0) is 49.2 Å². The minimum absolute atomic E-state index is 0.443. The molecule has 0 aliphatic rings. The van der Waals surface area contributed by atoms with Crippen LogP contribution in [0.25, 0.3) is 5.70 Å². The Morgan fingerprint density at radius 2 is 1.60 bits per heavy atom. The van der Waals surface area contributed by atoms with Gasteiger partial charge in [-0.3, -0.25) is 4.99 Å². The van der Waals surface area contributed by atoms with Crippen LogP contribution in [0.1, 0.15) is 60.4 Å². The van der Waals surface area contributed by atoms with Crippen LogP contribution in [0.5, 0.6) is 0 Å². The number of para-hydroxylation sites is 1. The lowest BCUT2D eigenvalue weighted by molar-refractivity contribution is 0.674. The Kier molecular flexibility index (Phi) is 11.9. The topological polar surface area (TPSA) is 76.4 Å². The molecule has 0 saturated heterocycles. The number of unbranched alkanes of at least 4 members (excludes halogenated alkanes) is 3. The number of terminal acetylenes is 1. The Hall–Kier alpha value is -3.81. The van der Waals surface area contributed by atoms with E-state index >= 15 is 0 Å². The number of anilines is 1. The van der Waals surface area contributed by atoms with Crippen molar-refractivity contribution in [3.63, 3.8) is 0 Å². The molecular weight excluding hydrogens is 428 g/mol. The number of nitrogens with two attached hydrogens (primary N) is 2. The van der Waals surface area contributed by atoms with E-state index in [0.717, 1.165) is 40.1 Å². The van der Waals surface area contributed by atoms with Gasteiger partial charge in [-0.2, -0.15) is 0 Å². The van der Waals surface area contributed by atoms with Gasteiger partial charge in [-0.15, -0.1) is 6.42 Å². The molecule has 0 saturated carbocycles. The molecule has 0 radical (unpaired) electrons. The lowest BCUT2D eigenvalue weighted by Gasteiger charge is -2.16. The zero-order valence-electron chi connectivity index (χ0n) is 21.1. The lowest BCUT2D eigenvalue weighted by atomic mass is 10.1. The summed E-state index contributed by atoms with van der Waals surface area (Å²) in [6.07, 6.45) is 10.8. The molecule has 0 atom stereocenters. The van der Waals surface area contributed by atoms with Gasteiger partial charge in [-0.25, -0.2) is 0 Å². The zero-order valence-corrected chi connectivity index (χ0v) is 21.1. The van der Waals surface area contributed by atoms with E-state index in [1.54, 1.807) is 0 Å². The van der Waals surface area contributed by atoms with Gasteiger partial charge in [0, 0.05) is 28.1 Å². The van der Waals surface area contributed by atoms with Crippen molar-refractivity contribution in [1.29, 1.82) is 0 Å². The largest absolute Gasteiger partial charge is 0.398 e. The standard InChI is InChI=1S/C25H23N3.C6H15N/c1-4-20-12-6-7-13-21(20)17-27-25(23-15-9-10-16-24(23)26)28-19(3)22-14-8-5-11-18(22)2;1-2-3-4-5-6-7/h1,5-16H,3,17,26H2,2H3,(H,27,28);2-7H2,1H3. The predicted molar refractivity (Wildman–Crippen MR) is 152 cm³/mol. The van der Waals surface area contributed by atoms with E-state index in [1.807, 2.05) is 66.7 Å². The number of nitrogens with zero attached hydrogens (tertiary/aromatic N) is 1. The fourth-order valence-corrected chi connectivity index (χ4v) is 3.56. The summed E-state index contributed by atoms with van der Waals surface area (Å²) in [4.78, 5) is 4.80. The molecule has 5 N–H and O–H groups in total. The van der Waals surface area contributed by atoms with Crippen LogP contribution in [0.15, 0.2) is 84.4 Å². The molecule has 0 bridgehead atoms. The van der Waals surface area contributed by atoms with Crippen molar-refractivity contribution >= 4 is 17.2 Å². The molecule has 3 aromatic carbocycles. The highest BCUT2D eigenvalue weighted by molar-refractivity contribution is 6.06. The number of aliphatic imine (C=N–C) groups is 1. The van der Waals surface area contributed by atoms with Crippen molar-refractivity contribution in [2.75, 3.05) is 12.3 Å². The summed E-state index contributed by atoms with van der Waals surface area (Å²) in [5, 5.41) is 3.36. The van der Waals surface area contributed by atoms with Crippen LogP contribution in [-0.2, 0) is 6.54 Å². The number of nitrogen functional groups attached to an aromatic ring is 1. The quantitative estimate of drug-likeness (QED) is 0.114. The van der Waals surface area contributed by atoms with Crippen molar-refractivity contribution in [2.45, 2.75) is 46.1 Å². The Balaban J connectivity index is 0.000000540. The summed E-state index contributed by atoms with van der Waals surface area (Å²) in [6.45, 7) is 9.77. The van der Waals surface area contributed by atoms with E-state index < -0.39 is 0 Å². The second kappa shape index (κ2) is 15.2. The summed E-state index contributed by atoms with van der Waals surface area (Å²) in [6, 6.07) is 23.5. The Morgan fingerprint density at radius 1 is 0.943 bits per heavy atom. The van der Waals surface area contributed by atoms with Gasteiger partial charge < -0.3 is 16.8 Å². The molecule has 4 nitrogen and oxygen atoms in total. The number of rotatable bonds is 9. The molecule has 0 fully saturated rings. The average Bonchev–Trinajstić information content (AvgIpc) is 2.88. The SMILES string of the molecule is C#Cc1ccccc1CN=C(NC(=C)c1ccccc1C)c1ccccc1N.CCCCCCN. The maximum Gasteiger partial charge on any atom is 0.135 e. The Labute approximate surface area is 211 Å². The molecule has 35 heavy (non-hydrogen) atoms. The summed E-state index contributed by atoms with van der Waals surface area (Å²) in [7, 11) is 0. The van der Waals surface area contributed by atoms with E-state index in [4.69, 9.17) is 22.9 Å². The van der Waals surface area contributed by atoms with E-state index in [2.05, 4.69) is 37.7 Å². The first kappa shape index (κ1) is 27.4. The summed E-state index contributed by atoms with van der Waals surface area (Å²) in [5.41, 5.74) is 17.7. The second-order valence-corrected chi connectivity index (χ2v) is 8.32. The number of benzene rings is 3. The molecule has 0 aromatic heterocycles. The van der Waals surface area contributed by atoms with Crippen LogP contribution in [0.2, 0.25) is 0 Å². The number of amidine groups is 1. The van der Waals surface area contributed by atoms with Crippen molar-refractivity contribution in [3.05, 3.63) is 107 Å². The van der Waals surface area contributed by atoms with E-state index in [-0.39, 0.29) is 0 Å². The van der Waals surface area contributed by atoms with Gasteiger partial charge in [0.2, 0.25) is 0 Å². The summed E-state index contributed by atoms with van der Waals surface area (Å²) in [5.74, 6) is 3.38. The maximum absolute atomic E-state index is 6.21. The van der Waals surface area contributed by atoms with E-state index in [0.29, 0.717) is 18.1 Å². The Morgan fingerprint density at radius 3 is 2.26 bits per heavy atom. The van der Waals surface area contributed by atoms with E-state index in [1.165, 1.54) is 25.7 Å². The van der Waals surface area contributed by atoms with Crippen molar-refractivity contribution in [1.82, 2.24) is 5.32 Å². The highest BCUT2D eigenvalue weighted by Gasteiger charge is 2.11. The Bertz CT molecular complexity index is 1150. The third-order valence-electron chi connectivity index (χ3n) is 5.59. The van der Waals surface area contributed by atoms with Crippen LogP contribution in [0.3, 0.4) is 0 Å².